The number of nitrogens with zero attached hydrogens (tertiary/aromatic N) is 2. The van der Waals surface area contributed by atoms with Gasteiger partial charge in [-0.2, -0.15) is 17.5 Å². The van der Waals surface area contributed by atoms with Crippen LogP contribution in [0.2, 0.25) is 0 Å². The number of carboxylic acids is 1. The number of methoxy groups -OCH3 is 1. The fourth-order valence-electron chi connectivity index (χ4n) is 5.78. The number of carbonyl (C=O) groups is 4. The Hall–Kier alpha value is -3.82. The number of esters is 1. The molecule has 2 amide bonds. The number of aliphatic carboxylic acids is 1. The van der Waals surface area contributed by atoms with Crippen molar-refractivity contribution in [3.05, 3.63) is 65.7 Å². The molecule has 0 unspecified atom stereocenters. The number of rotatable bonds is 8. The zero-order valence-corrected chi connectivity index (χ0v) is 27.1. The molecule has 4 atom stereocenters. The van der Waals surface area contributed by atoms with Crippen LogP contribution in [-0.4, -0.2) is 84.9 Å². The smallest absolute Gasteiger partial charge is 0.475 e. The van der Waals surface area contributed by atoms with Crippen molar-refractivity contribution < 1.29 is 50.6 Å². The summed E-state index contributed by atoms with van der Waals surface area (Å²) in [6.07, 6.45) is -4.89. The topological polar surface area (TPSA) is 150 Å². The first-order chi connectivity index (χ1) is 21.2. The Balaban J connectivity index is 0.000000738. The van der Waals surface area contributed by atoms with Gasteiger partial charge in [0.1, 0.15) is 5.54 Å². The molecule has 2 heterocycles. The molecule has 0 aromatic heterocycles. The van der Waals surface area contributed by atoms with E-state index >= 15 is 0 Å². The second-order valence-electron chi connectivity index (χ2n) is 12.2. The summed E-state index contributed by atoms with van der Waals surface area (Å²) in [5.74, 6) is -6.20. The molecular formula is C31H38F3N3O8S. The number of likely N-dealkylation sites (tertiary alicyclic amines) is 1. The van der Waals surface area contributed by atoms with Crippen LogP contribution >= 0.6 is 0 Å². The maximum atomic E-state index is 13.7. The molecule has 0 bridgehead atoms. The third-order valence-electron chi connectivity index (χ3n) is 8.27. The van der Waals surface area contributed by atoms with E-state index in [0.717, 1.165) is 11.1 Å². The first-order valence-corrected chi connectivity index (χ1v) is 15.8. The summed E-state index contributed by atoms with van der Waals surface area (Å²) < 4.78 is 65.0. The number of hydrogen-bond donors (Lipinski definition) is 2. The molecule has 11 nitrogen and oxygen atoms in total. The molecule has 0 saturated carbocycles. The monoisotopic (exact) mass is 669 g/mol. The van der Waals surface area contributed by atoms with Gasteiger partial charge in [-0.1, -0.05) is 70.2 Å². The molecule has 2 saturated heterocycles. The van der Waals surface area contributed by atoms with Crippen molar-refractivity contribution in [3.63, 3.8) is 0 Å². The first kappa shape index (κ1) is 36.6. The van der Waals surface area contributed by atoms with Crippen LogP contribution in [0.4, 0.5) is 13.2 Å². The summed E-state index contributed by atoms with van der Waals surface area (Å²) in [4.78, 5) is 50.7. The Morgan fingerprint density at radius 1 is 1.02 bits per heavy atom. The maximum Gasteiger partial charge on any atom is 0.490 e. The fraction of sp³-hybridized carbons (Fsp3) is 0.484. The Morgan fingerprint density at radius 2 is 1.57 bits per heavy atom. The van der Waals surface area contributed by atoms with E-state index in [4.69, 9.17) is 14.6 Å². The van der Waals surface area contributed by atoms with Gasteiger partial charge in [0.2, 0.25) is 21.8 Å². The van der Waals surface area contributed by atoms with Gasteiger partial charge < -0.3 is 9.84 Å². The predicted molar refractivity (Wildman–Crippen MR) is 160 cm³/mol. The van der Waals surface area contributed by atoms with Gasteiger partial charge in [0.05, 0.1) is 30.4 Å². The molecule has 46 heavy (non-hydrogen) atoms. The fourth-order valence-corrected chi connectivity index (χ4v) is 6.98. The largest absolute Gasteiger partial charge is 0.490 e. The molecule has 0 radical (unpaired) electrons. The third kappa shape index (κ3) is 7.26. The number of ether oxygens (including phenoxy) is 1. The average molecular weight is 670 g/mol. The predicted octanol–water partition coefficient (Wildman–Crippen LogP) is 3.33. The lowest BCUT2D eigenvalue weighted by Crippen LogP contribution is -2.58. The van der Waals surface area contributed by atoms with E-state index in [2.05, 4.69) is 5.32 Å². The van der Waals surface area contributed by atoms with Crippen LogP contribution in [0.15, 0.2) is 59.5 Å². The van der Waals surface area contributed by atoms with E-state index in [1.807, 2.05) is 51.1 Å². The number of sulfonamides is 1. The number of carbonyl (C=O) groups excluding carboxylic acids is 3. The molecule has 2 aliphatic heterocycles. The van der Waals surface area contributed by atoms with Gasteiger partial charge in [0.15, 0.2) is 0 Å². The highest BCUT2D eigenvalue weighted by Crippen LogP contribution is 2.46. The molecule has 0 spiro atoms. The molecule has 2 fully saturated rings. The second-order valence-corrected chi connectivity index (χ2v) is 14.2. The normalized spacial score (nSPS) is 23.2. The Kier molecular flexibility index (Phi) is 10.8. The van der Waals surface area contributed by atoms with E-state index in [1.54, 1.807) is 31.2 Å². The van der Waals surface area contributed by atoms with Gasteiger partial charge in [0, 0.05) is 19.6 Å². The van der Waals surface area contributed by atoms with Gasteiger partial charge in [0.25, 0.3) is 0 Å². The van der Waals surface area contributed by atoms with Crippen molar-refractivity contribution >= 4 is 33.8 Å². The zero-order chi connectivity index (χ0) is 34.8. The lowest BCUT2D eigenvalue weighted by atomic mass is 9.78. The van der Waals surface area contributed by atoms with E-state index < -0.39 is 63.4 Å². The molecule has 4 rings (SSSR count). The first-order valence-electron chi connectivity index (χ1n) is 14.3. The molecule has 252 valence electrons. The SMILES string of the molecule is CC[C@@]1(C(=O)OC)N[C@H](CN(C)S(=O)(=O)c2ccc(C(C)(C)C)cc2)[C@@H]2C(=O)N(Cc3ccccc3)C(=O)[C@@H]21.O=C(O)C(F)(F)F. The zero-order valence-electron chi connectivity index (χ0n) is 26.3. The molecule has 0 aliphatic carbocycles. The average Bonchev–Trinajstić information content (AvgIpc) is 3.45. The number of halogens is 3. The van der Waals surface area contributed by atoms with Crippen molar-refractivity contribution in [2.24, 2.45) is 11.8 Å². The van der Waals surface area contributed by atoms with Gasteiger partial charge >= 0.3 is 18.1 Å². The number of amides is 2. The van der Waals surface area contributed by atoms with Crippen molar-refractivity contribution in [3.8, 4) is 0 Å². The highest BCUT2D eigenvalue weighted by Gasteiger charge is 2.68. The van der Waals surface area contributed by atoms with Crippen LogP contribution in [0, 0.1) is 11.8 Å². The Morgan fingerprint density at radius 3 is 2.02 bits per heavy atom. The highest BCUT2D eigenvalue weighted by molar-refractivity contribution is 7.89. The quantitative estimate of drug-likeness (QED) is 0.319. The molecular weight excluding hydrogens is 631 g/mol. The summed E-state index contributed by atoms with van der Waals surface area (Å²) >= 11 is 0. The molecule has 2 N–H and O–H groups in total. The van der Waals surface area contributed by atoms with Crippen LogP contribution < -0.4 is 5.32 Å². The third-order valence-corrected chi connectivity index (χ3v) is 10.1. The second kappa shape index (κ2) is 13.5. The minimum atomic E-state index is -5.08. The number of benzene rings is 2. The number of fused-ring (bicyclic) bond motifs is 1. The summed E-state index contributed by atoms with van der Waals surface area (Å²) in [5, 5.41) is 10.3. The Bertz CT molecular complexity index is 1560. The van der Waals surface area contributed by atoms with Gasteiger partial charge in [-0.3, -0.25) is 24.6 Å². The van der Waals surface area contributed by atoms with Crippen molar-refractivity contribution in [2.45, 2.75) is 68.7 Å². The Labute approximate surface area is 265 Å². The van der Waals surface area contributed by atoms with Crippen molar-refractivity contribution in [1.82, 2.24) is 14.5 Å². The van der Waals surface area contributed by atoms with Gasteiger partial charge in [-0.05, 0) is 35.1 Å². The molecule has 2 aromatic carbocycles. The minimum Gasteiger partial charge on any atom is -0.475 e. The lowest BCUT2D eigenvalue weighted by Gasteiger charge is -2.32. The van der Waals surface area contributed by atoms with Crippen LogP contribution in [0.25, 0.3) is 0 Å². The van der Waals surface area contributed by atoms with Crippen molar-refractivity contribution in [2.75, 3.05) is 20.7 Å². The number of hydrogen-bond acceptors (Lipinski definition) is 8. The van der Waals surface area contributed by atoms with Crippen molar-refractivity contribution in [1.29, 1.82) is 0 Å². The van der Waals surface area contributed by atoms with E-state index in [-0.39, 0.29) is 29.8 Å². The molecule has 15 heteroatoms. The van der Waals surface area contributed by atoms with Crippen LogP contribution in [-0.2, 0) is 45.9 Å². The number of alkyl halides is 3. The number of nitrogens with one attached hydrogen (secondary N) is 1. The molecule has 2 aromatic rings. The molecule has 2 aliphatic rings. The number of imide groups is 1. The van der Waals surface area contributed by atoms with Gasteiger partial charge in [-0.15, -0.1) is 0 Å². The van der Waals surface area contributed by atoms with Crippen LogP contribution in [0.3, 0.4) is 0 Å². The number of carboxylic acid groups (broad SMARTS) is 1. The summed E-state index contributed by atoms with van der Waals surface area (Å²) in [7, 11) is -1.23. The van der Waals surface area contributed by atoms with Crippen LogP contribution in [0.5, 0.6) is 0 Å². The summed E-state index contributed by atoms with van der Waals surface area (Å²) in [6, 6.07) is 15.1. The summed E-state index contributed by atoms with van der Waals surface area (Å²) in [6.45, 7) is 7.86. The van der Waals surface area contributed by atoms with E-state index in [1.165, 1.54) is 23.4 Å². The highest BCUT2D eigenvalue weighted by atomic mass is 32.2. The minimum absolute atomic E-state index is 0.0768. The van der Waals surface area contributed by atoms with Crippen LogP contribution in [0.1, 0.15) is 45.2 Å². The van der Waals surface area contributed by atoms with E-state index in [9.17, 15) is 36.0 Å². The van der Waals surface area contributed by atoms with E-state index in [0.29, 0.717) is 0 Å². The summed E-state index contributed by atoms with van der Waals surface area (Å²) in [5.41, 5.74) is 0.211. The number of likely N-dealkylation sites (N-methyl/N-ethyl adjacent to an activating group) is 1. The maximum absolute atomic E-state index is 13.7. The standard InChI is InChI=1S/C29H37N3O6S.C2HF3O2/c1-7-29(27(35)38-6)24-23(25(33)32(26(24)34)17-19-11-9-8-10-12-19)22(30-29)18-31(5)39(36,37)21-15-13-20(14-16-21)28(2,3)4;3-2(4,5)1(6)7/h8-16,22-24,30H,7,17-18H2,1-6H3;(H,6,7)/t22-,23+,24-,29-;/m1./s1. The van der Waals surface area contributed by atoms with Gasteiger partial charge in [-0.25, -0.2) is 13.2 Å². The lowest BCUT2D eigenvalue weighted by molar-refractivity contribution is -0.192.